The highest BCUT2D eigenvalue weighted by Gasteiger charge is 2.26. The predicted molar refractivity (Wildman–Crippen MR) is 103 cm³/mol. The zero-order valence-electron chi connectivity index (χ0n) is 16.3. The first-order valence-corrected chi connectivity index (χ1v) is 9.38. The van der Waals surface area contributed by atoms with Crippen LogP contribution in [-0.4, -0.2) is 46.9 Å². The third kappa shape index (κ3) is 4.59. The highest BCUT2D eigenvalue weighted by Crippen LogP contribution is 2.28. The summed E-state index contributed by atoms with van der Waals surface area (Å²) in [7, 11) is 0. The second kappa shape index (κ2) is 8.73. The number of cyclic esters (lactones) is 1. The molecule has 0 aliphatic carbocycles. The molecule has 1 aliphatic rings. The van der Waals surface area contributed by atoms with Crippen LogP contribution < -0.4 is 10.2 Å². The molecule has 9 nitrogen and oxygen atoms in total. The van der Waals surface area contributed by atoms with Crippen LogP contribution in [0.25, 0.3) is 0 Å². The molecule has 1 aromatic heterocycles. The van der Waals surface area contributed by atoms with Crippen molar-refractivity contribution in [3.63, 3.8) is 0 Å². The second-order valence-corrected chi connectivity index (χ2v) is 6.93. The Labute approximate surface area is 163 Å². The van der Waals surface area contributed by atoms with E-state index in [2.05, 4.69) is 29.3 Å². The summed E-state index contributed by atoms with van der Waals surface area (Å²) in [6.07, 6.45) is 0.281. The standard InChI is InChI=1S/C19H25N5O4/c1-4-23(12-16-21-17(28-22-16)11-13(2)3)18(25)20-14-7-5-6-8-15(14)24-9-10-27-19(24)26/h5-8,13H,4,9-12H2,1-3H3,(H,20,25). The number of carbonyl (C=O) groups excluding carboxylic acids is 2. The molecule has 1 aliphatic heterocycles. The Balaban J connectivity index is 1.69. The average molecular weight is 387 g/mol. The molecule has 1 saturated heterocycles. The van der Waals surface area contributed by atoms with Crippen molar-refractivity contribution in [3.05, 3.63) is 36.0 Å². The summed E-state index contributed by atoms with van der Waals surface area (Å²) in [4.78, 5) is 32.1. The van der Waals surface area contributed by atoms with Crippen molar-refractivity contribution in [3.8, 4) is 0 Å². The van der Waals surface area contributed by atoms with Crippen LogP contribution in [0.2, 0.25) is 0 Å². The number of urea groups is 1. The molecule has 2 aromatic rings. The normalized spacial score (nSPS) is 13.7. The molecule has 0 unspecified atom stereocenters. The van der Waals surface area contributed by atoms with Gasteiger partial charge in [0.1, 0.15) is 6.61 Å². The van der Waals surface area contributed by atoms with Gasteiger partial charge in [-0.1, -0.05) is 31.1 Å². The highest BCUT2D eigenvalue weighted by molar-refractivity contribution is 5.98. The van der Waals surface area contributed by atoms with Gasteiger partial charge in [0, 0.05) is 13.0 Å². The van der Waals surface area contributed by atoms with Crippen LogP contribution in [0.3, 0.4) is 0 Å². The molecule has 1 N–H and O–H groups in total. The first-order valence-electron chi connectivity index (χ1n) is 9.38. The van der Waals surface area contributed by atoms with E-state index in [1.54, 1.807) is 23.1 Å². The number of amides is 3. The van der Waals surface area contributed by atoms with Crippen LogP contribution in [0.15, 0.2) is 28.8 Å². The molecule has 3 rings (SSSR count). The third-order valence-electron chi connectivity index (χ3n) is 4.29. The van der Waals surface area contributed by atoms with Crippen molar-refractivity contribution in [2.75, 3.05) is 29.9 Å². The lowest BCUT2D eigenvalue weighted by Gasteiger charge is -2.22. The van der Waals surface area contributed by atoms with Crippen LogP contribution >= 0.6 is 0 Å². The smallest absolute Gasteiger partial charge is 0.414 e. The maximum absolute atomic E-state index is 12.8. The number of para-hydroxylation sites is 2. The quantitative estimate of drug-likeness (QED) is 0.782. The zero-order valence-corrected chi connectivity index (χ0v) is 16.3. The van der Waals surface area contributed by atoms with Crippen LogP contribution in [-0.2, 0) is 17.7 Å². The molecular formula is C19H25N5O4. The summed E-state index contributed by atoms with van der Waals surface area (Å²) in [5.74, 6) is 1.44. The van der Waals surface area contributed by atoms with E-state index in [1.807, 2.05) is 13.0 Å². The molecule has 1 aromatic carbocycles. The van der Waals surface area contributed by atoms with E-state index in [4.69, 9.17) is 9.26 Å². The van der Waals surface area contributed by atoms with Crippen molar-refractivity contribution in [2.45, 2.75) is 33.7 Å². The van der Waals surface area contributed by atoms with E-state index in [0.29, 0.717) is 55.1 Å². The maximum atomic E-state index is 12.8. The topological polar surface area (TPSA) is 101 Å². The largest absolute Gasteiger partial charge is 0.447 e. The minimum Gasteiger partial charge on any atom is -0.447 e. The number of benzene rings is 1. The summed E-state index contributed by atoms with van der Waals surface area (Å²) in [6, 6.07) is 6.83. The van der Waals surface area contributed by atoms with Crippen LogP contribution in [0.5, 0.6) is 0 Å². The van der Waals surface area contributed by atoms with Crippen molar-refractivity contribution in [1.29, 1.82) is 0 Å². The van der Waals surface area contributed by atoms with Gasteiger partial charge in [0.25, 0.3) is 0 Å². The Bertz CT molecular complexity index is 835. The minimum absolute atomic E-state index is 0.234. The Morgan fingerprint density at radius 2 is 2.14 bits per heavy atom. The lowest BCUT2D eigenvalue weighted by Crippen LogP contribution is -2.35. The maximum Gasteiger partial charge on any atom is 0.414 e. The lowest BCUT2D eigenvalue weighted by atomic mass is 10.1. The number of aromatic nitrogens is 2. The van der Waals surface area contributed by atoms with Crippen LogP contribution in [0.4, 0.5) is 21.0 Å². The molecular weight excluding hydrogens is 362 g/mol. The van der Waals surface area contributed by atoms with Gasteiger partial charge in [0.2, 0.25) is 5.89 Å². The fourth-order valence-electron chi connectivity index (χ4n) is 2.91. The monoisotopic (exact) mass is 387 g/mol. The van der Waals surface area contributed by atoms with Gasteiger partial charge >= 0.3 is 12.1 Å². The number of hydrogen-bond donors (Lipinski definition) is 1. The SMILES string of the molecule is CCN(Cc1noc(CC(C)C)n1)C(=O)Nc1ccccc1N1CCOC1=O. The fourth-order valence-corrected chi connectivity index (χ4v) is 2.91. The number of carbonyl (C=O) groups is 2. The van der Waals surface area contributed by atoms with Gasteiger partial charge in [0.15, 0.2) is 5.82 Å². The summed E-state index contributed by atoms with van der Waals surface area (Å²) >= 11 is 0. The third-order valence-corrected chi connectivity index (χ3v) is 4.29. The molecule has 0 radical (unpaired) electrons. The van der Waals surface area contributed by atoms with Gasteiger partial charge in [-0.25, -0.2) is 9.59 Å². The highest BCUT2D eigenvalue weighted by atomic mass is 16.6. The Morgan fingerprint density at radius 1 is 1.36 bits per heavy atom. The Kier molecular flexibility index (Phi) is 6.13. The van der Waals surface area contributed by atoms with Crippen molar-refractivity contribution in [1.82, 2.24) is 15.0 Å². The summed E-state index contributed by atoms with van der Waals surface area (Å²) in [5.41, 5.74) is 1.14. The minimum atomic E-state index is -0.418. The zero-order chi connectivity index (χ0) is 20.1. The van der Waals surface area contributed by atoms with E-state index in [0.717, 1.165) is 0 Å². The van der Waals surface area contributed by atoms with E-state index in [-0.39, 0.29) is 12.6 Å². The van der Waals surface area contributed by atoms with Crippen molar-refractivity contribution in [2.24, 2.45) is 5.92 Å². The van der Waals surface area contributed by atoms with Gasteiger partial charge in [0.05, 0.1) is 24.5 Å². The lowest BCUT2D eigenvalue weighted by molar-refractivity contribution is 0.181. The predicted octanol–water partition coefficient (Wildman–Crippen LogP) is 3.28. The van der Waals surface area contributed by atoms with E-state index in [9.17, 15) is 9.59 Å². The van der Waals surface area contributed by atoms with Crippen LogP contribution in [0.1, 0.15) is 32.5 Å². The molecule has 3 amide bonds. The molecule has 1 fully saturated rings. The second-order valence-electron chi connectivity index (χ2n) is 6.93. The summed E-state index contributed by atoms with van der Waals surface area (Å²) < 4.78 is 10.2. The first-order chi connectivity index (χ1) is 13.5. The van der Waals surface area contributed by atoms with Gasteiger partial charge in [-0.05, 0) is 25.0 Å². The number of anilines is 2. The van der Waals surface area contributed by atoms with Gasteiger partial charge in [-0.3, -0.25) is 4.90 Å². The molecule has 150 valence electrons. The summed E-state index contributed by atoms with van der Waals surface area (Å²) in [6.45, 7) is 7.50. The molecule has 0 atom stereocenters. The molecule has 0 saturated carbocycles. The molecule has 0 bridgehead atoms. The molecule has 28 heavy (non-hydrogen) atoms. The molecule has 9 heteroatoms. The number of rotatable bonds is 7. The Hall–Kier alpha value is -3.10. The number of nitrogens with one attached hydrogen (secondary N) is 1. The summed E-state index contributed by atoms with van der Waals surface area (Å²) in [5, 5.41) is 6.83. The van der Waals surface area contributed by atoms with Gasteiger partial charge < -0.3 is 19.5 Å². The van der Waals surface area contributed by atoms with Gasteiger partial charge in [-0.15, -0.1) is 0 Å². The number of nitrogens with zero attached hydrogens (tertiary/aromatic N) is 4. The van der Waals surface area contributed by atoms with Crippen molar-refractivity contribution < 1.29 is 18.8 Å². The van der Waals surface area contributed by atoms with E-state index < -0.39 is 6.09 Å². The van der Waals surface area contributed by atoms with Crippen molar-refractivity contribution >= 4 is 23.5 Å². The Morgan fingerprint density at radius 3 is 2.82 bits per heavy atom. The van der Waals surface area contributed by atoms with E-state index >= 15 is 0 Å². The average Bonchev–Trinajstić information content (AvgIpc) is 3.28. The number of hydrogen-bond acceptors (Lipinski definition) is 6. The fraction of sp³-hybridized carbons (Fsp3) is 0.474. The molecule has 0 spiro atoms. The van der Waals surface area contributed by atoms with Gasteiger partial charge in [-0.2, -0.15) is 4.98 Å². The number of ether oxygens (including phenoxy) is 1. The first kappa shape index (κ1) is 19.7. The van der Waals surface area contributed by atoms with E-state index in [1.165, 1.54) is 4.90 Å². The van der Waals surface area contributed by atoms with Crippen LogP contribution in [0, 0.1) is 5.92 Å². The molecule has 2 heterocycles.